The predicted molar refractivity (Wildman–Crippen MR) is 72.4 cm³/mol. The van der Waals surface area contributed by atoms with Crippen LogP contribution in [0.1, 0.15) is 60.8 Å². The normalized spacial score (nSPS) is 13.5. The van der Waals surface area contributed by atoms with Crippen LogP contribution in [0.3, 0.4) is 0 Å². The Morgan fingerprint density at radius 1 is 1.22 bits per heavy atom. The molecule has 0 bridgehead atoms. The Hall–Kier alpha value is -1.06. The van der Waals surface area contributed by atoms with Gasteiger partial charge in [0.1, 0.15) is 6.04 Å². The topological polar surface area (TPSA) is 57.6 Å². The van der Waals surface area contributed by atoms with Gasteiger partial charge in [0.15, 0.2) is 0 Å². The molecule has 0 aromatic carbocycles. The molecule has 1 unspecified atom stereocenters. The number of carbonyl (C=O) groups is 2. The van der Waals surface area contributed by atoms with Crippen LogP contribution in [0.4, 0.5) is 0 Å². The molecule has 18 heavy (non-hydrogen) atoms. The van der Waals surface area contributed by atoms with Crippen molar-refractivity contribution < 1.29 is 14.7 Å². The maximum atomic E-state index is 12.3. The number of hydrogen-bond acceptors (Lipinski definition) is 2. The summed E-state index contributed by atoms with van der Waals surface area (Å²) in [5.41, 5.74) is -0.474. The zero-order valence-corrected chi connectivity index (χ0v) is 12.5. The van der Waals surface area contributed by atoms with Gasteiger partial charge in [-0.25, -0.2) is 4.79 Å². The average molecular weight is 257 g/mol. The fourth-order valence-corrected chi connectivity index (χ4v) is 2.09. The van der Waals surface area contributed by atoms with Crippen LogP contribution in [0.2, 0.25) is 0 Å². The molecular formula is C14H27NO3. The van der Waals surface area contributed by atoms with Crippen molar-refractivity contribution in [2.75, 3.05) is 0 Å². The summed E-state index contributed by atoms with van der Waals surface area (Å²) in [7, 11) is 0. The van der Waals surface area contributed by atoms with Gasteiger partial charge in [0.25, 0.3) is 0 Å². The number of carboxylic acids is 1. The molecule has 0 aliphatic heterocycles. The van der Waals surface area contributed by atoms with Gasteiger partial charge in [0.05, 0.1) is 0 Å². The fraction of sp³-hybridized carbons (Fsp3) is 0.857. The molecule has 0 aliphatic rings. The van der Waals surface area contributed by atoms with Crippen LogP contribution in [0.15, 0.2) is 0 Å². The lowest BCUT2D eigenvalue weighted by Crippen LogP contribution is -2.56. The van der Waals surface area contributed by atoms with Gasteiger partial charge in [0.2, 0.25) is 5.91 Å². The minimum atomic E-state index is -0.926. The van der Waals surface area contributed by atoms with E-state index in [1.165, 1.54) is 4.90 Å². The van der Waals surface area contributed by atoms with E-state index in [-0.39, 0.29) is 11.8 Å². The van der Waals surface area contributed by atoms with Crippen molar-refractivity contribution in [3.8, 4) is 0 Å². The molecule has 0 spiro atoms. The van der Waals surface area contributed by atoms with Gasteiger partial charge in [-0.3, -0.25) is 4.79 Å². The number of rotatable bonds is 6. The van der Waals surface area contributed by atoms with Crippen LogP contribution in [0, 0.1) is 5.92 Å². The second-order valence-corrected chi connectivity index (χ2v) is 6.07. The Bertz CT molecular complexity index is 292. The number of nitrogens with zero attached hydrogens (tertiary/aromatic N) is 1. The predicted octanol–water partition coefficient (Wildman–Crippen LogP) is 2.91. The Labute approximate surface area is 110 Å². The van der Waals surface area contributed by atoms with E-state index in [4.69, 9.17) is 0 Å². The summed E-state index contributed by atoms with van der Waals surface area (Å²) >= 11 is 0. The zero-order valence-electron chi connectivity index (χ0n) is 12.5. The van der Waals surface area contributed by atoms with Crippen LogP contribution in [-0.2, 0) is 9.59 Å². The first-order valence-electron chi connectivity index (χ1n) is 6.67. The third-order valence-corrected chi connectivity index (χ3v) is 2.90. The van der Waals surface area contributed by atoms with Crippen molar-refractivity contribution in [1.82, 2.24) is 4.90 Å². The zero-order chi connectivity index (χ0) is 14.5. The van der Waals surface area contributed by atoms with Gasteiger partial charge in [-0.2, -0.15) is 0 Å². The molecule has 0 saturated carbocycles. The van der Waals surface area contributed by atoms with Crippen LogP contribution in [0.5, 0.6) is 0 Å². The quantitative estimate of drug-likeness (QED) is 0.796. The number of aliphatic carboxylic acids is 1. The summed E-state index contributed by atoms with van der Waals surface area (Å²) in [5, 5.41) is 9.36. The molecule has 1 atom stereocenters. The van der Waals surface area contributed by atoms with Gasteiger partial charge < -0.3 is 10.0 Å². The van der Waals surface area contributed by atoms with Crippen molar-refractivity contribution in [2.45, 2.75) is 72.4 Å². The highest BCUT2D eigenvalue weighted by molar-refractivity contribution is 5.84. The van der Waals surface area contributed by atoms with Crippen LogP contribution < -0.4 is 0 Å². The third-order valence-electron chi connectivity index (χ3n) is 2.90. The molecule has 0 aliphatic carbocycles. The highest BCUT2D eigenvalue weighted by Gasteiger charge is 2.38. The summed E-state index contributed by atoms with van der Waals surface area (Å²) < 4.78 is 0. The highest BCUT2D eigenvalue weighted by Crippen LogP contribution is 2.24. The van der Waals surface area contributed by atoms with E-state index >= 15 is 0 Å². The first kappa shape index (κ1) is 16.9. The second kappa shape index (κ2) is 6.76. The first-order chi connectivity index (χ1) is 8.12. The van der Waals surface area contributed by atoms with E-state index in [1.807, 2.05) is 41.5 Å². The summed E-state index contributed by atoms with van der Waals surface area (Å²) in [6.45, 7) is 11.3. The molecule has 106 valence electrons. The standard InChI is InChI=1S/C14H27NO3/c1-7-8-9-11(16)15(14(4,5)6)12(10(2)3)13(17)18/h10,12H,7-9H2,1-6H3,(H,17,18). The lowest BCUT2D eigenvalue weighted by atomic mass is 9.94. The summed E-state index contributed by atoms with van der Waals surface area (Å²) in [6.07, 6.45) is 2.16. The summed E-state index contributed by atoms with van der Waals surface area (Å²) in [5.74, 6) is -1.09. The molecular weight excluding hydrogens is 230 g/mol. The molecule has 1 N–H and O–H groups in total. The van der Waals surface area contributed by atoms with Crippen LogP contribution in [0.25, 0.3) is 0 Å². The fourth-order valence-electron chi connectivity index (χ4n) is 2.09. The lowest BCUT2D eigenvalue weighted by Gasteiger charge is -2.41. The molecule has 0 saturated heterocycles. The smallest absolute Gasteiger partial charge is 0.326 e. The number of amides is 1. The van der Waals surface area contributed by atoms with Gasteiger partial charge in [-0.05, 0) is 33.1 Å². The molecule has 0 aromatic heterocycles. The van der Waals surface area contributed by atoms with Gasteiger partial charge >= 0.3 is 5.97 Å². The monoisotopic (exact) mass is 257 g/mol. The lowest BCUT2D eigenvalue weighted by molar-refractivity contribution is -0.157. The number of unbranched alkanes of at least 4 members (excludes halogenated alkanes) is 1. The minimum absolute atomic E-state index is 0.0644. The number of carboxylic acid groups (broad SMARTS) is 1. The van der Waals surface area contributed by atoms with Crippen LogP contribution >= 0.6 is 0 Å². The average Bonchev–Trinajstić information content (AvgIpc) is 2.19. The van der Waals surface area contributed by atoms with Crippen molar-refractivity contribution >= 4 is 11.9 Å². The molecule has 0 aromatic rings. The summed E-state index contributed by atoms with van der Waals surface area (Å²) in [4.78, 5) is 25.2. The molecule has 4 nitrogen and oxygen atoms in total. The molecule has 4 heteroatoms. The Kier molecular flexibility index (Phi) is 6.36. The molecule has 0 rings (SSSR count). The highest BCUT2D eigenvalue weighted by atomic mass is 16.4. The minimum Gasteiger partial charge on any atom is -0.480 e. The van der Waals surface area contributed by atoms with E-state index < -0.39 is 17.6 Å². The molecule has 1 amide bonds. The maximum absolute atomic E-state index is 12.3. The Balaban J connectivity index is 5.21. The third kappa shape index (κ3) is 4.67. The van der Waals surface area contributed by atoms with E-state index in [0.29, 0.717) is 6.42 Å². The van der Waals surface area contributed by atoms with Gasteiger partial charge in [0, 0.05) is 12.0 Å². The number of hydrogen-bond donors (Lipinski definition) is 1. The van der Waals surface area contributed by atoms with Crippen molar-refractivity contribution in [2.24, 2.45) is 5.92 Å². The van der Waals surface area contributed by atoms with Crippen molar-refractivity contribution in [3.63, 3.8) is 0 Å². The van der Waals surface area contributed by atoms with Crippen molar-refractivity contribution in [3.05, 3.63) is 0 Å². The molecule has 0 radical (unpaired) electrons. The van der Waals surface area contributed by atoms with Gasteiger partial charge in [-0.1, -0.05) is 27.2 Å². The summed E-state index contributed by atoms with van der Waals surface area (Å²) in [6, 6.07) is -0.755. The SMILES string of the molecule is CCCCC(=O)N(C(C(=O)O)C(C)C)C(C)(C)C. The Morgan fingerprint density at radius 3 is 2.00 bits per heavy atom. The van der Waals surface area contributed by atoms with Gasteiger partial charge in [-0.15, -0.1) is 0 Å². The molecule has 0 fully saturated rings. The van der Waals surface area contributed by atoms with Crippen LogP contribution in [-0.4, -0.2) is 33.5 Å². The van der Waals surface area contributed by atoms with E-state index in [9.17, 15) is 14.7 Å². The van der Waals surface area contributed by atoms with E-state index in [0.717, 1.165) is 12.8 Å². The molecule has 0 heterocycles. The largest absolute Gasteiger partial charge is 0.480 e. The maximum Gasteiger partial charge on any atom is 0.326 e. The Morgan fingerprint density at radius 2 is 1.72 bits per heavy atom. The first-order valence-corrected chi connectivity index (χ1v) is 6.67. The van der Waals surface area contributed by atoms with Crippen molar-refractivity contribution in [1.29, 1.82) is 0 Å². The van der Waals surface area contributed by atoms with E-state index in [1.54, 1.807) is 0 Å². The van der Waals surface area contributed by atoms with E-state index in [2.05, 4.69) is 0 Å². The number of carbonyl (C=O) groups excluding carboxylic acids is 1. The second-order valence-electron chi connectivity index (χ2n) is 6.07.